The lowest BCUT2D eigenvalue weighted by atomic mass is 10.2. The van der Waals surface area contributed by atoms with Crippen LogP contribution < -0.4 is 10.9 Å². The predicted molar refractivity (Wildman–Crippen MR) is 129 cm³/mol. The minimum atomic E-state index is -0.139. The van der Waals surface area contributed by atoms with Gasteiger partial charge >= 0.3 is 0 Å². The number of amides is 1. The lowest BCUT2D eigenvalue weighted by Crippen LogP contribution is -2.25. The number of para-hydroxylation sites is 1. The second-order valence-electron chi connectivity index (χ2n) is 7.21. The van der Waals surface area contributed by atoms with Crippen molar-refractivity contribution >= 4 is 46.0 Å². The number of carbonyl (C=O) groups excluding carboxylic acids is 1. The molecule has 0 saturated carbocycles. The first kappa shape index (κ1) is 23.4. The topological polar surface area (TPSA) is 73.2 Å². The van der Waals surface area contributed by atoms with E-state index in [9.17, 15) is 9.59 Å². The maximum atomic E-state index is 13.0. The average Bonchev–Trinajstić information content (AvgIpc) is 2.76. The molecule has 1 N–H and O–H groups in total. The number of rotatable bonds is 10. The van der Waals surface area contributed by atoms with Crippen LogP contribution in [-0.2, 0) is 16.1 Å². The number of nitrogens with one attached hydrogen (secondary N) is 1. The predicted octanol–water partition coefficient (Wildman–Crippen LogP) is 4.66. The van der Waals surface area contributed by atoms with Gasteiger partial charge in [0.2, 0.25) is 5.91 Å². The maximum Gasteiger partial charge on any atom is 0.262 e. The monoisotopic (exact) mass is 457 g/mol. The Morgan fingerprint density at radius 2 is 2.00 bits per heavy atom. The molecule has 31 heavy (non-hydrogen) atoms. The molecule has 0 fully saturated rings. The van der Waals surface area contributed by atoms with Crippen LogP contribution in [0.2, 0.25) is 0 Å². The molecule has 1 heterocycles. The van der Waals surface area contributed by atoms with Crippen molar-refractivity contribution in [2.75, 3.05) is 23.9 Å². The zero-order chi connectivity index (χ0) is 22.2. The fraction of sp³-hybridized carbons (Fsp3) is 0.348. The van der Waals surface area contributed by atoms with Crippen molar-refractivity contribution in [1.82, 2.24) is 9.55 Å². The van der Waals surface area contributed by atoms with Crippen LogP contribution in [0, 0.1) is 0 Å². The first-order valence-corrected chi connectivity index (χ1v) is 12.4. The van der Waals surface area contributed by atoms with Gasteiger partial charge in [0.05, 0.1) is 22.8 Å². The smallest absolute Gasteiger partial charge is 0.262 e. The zero-order valence-electron chi connectivity index (χ0n) is 18.0. The van der Waals surface area contributed by atoms with Crippen LogP contribution in [0.15, 0.2) is 63.4 Å². The van der Waals surface area contributed by atoms with Crippen molar-refractivity contribution in [3.05, 3.63) is 58.9 Å². The van der Waals surface area contributed by atoms with Gasteiger partial charge in [-0.15, -0.1) is 11.8 Å². The van der Waals surface area contributed by atoms with Crippen LogP contribution >= 0.6 is 23.5 Å². The van der Waals surface area contributed by atoms with E-state index in [2.05, 4.69) is 10.3 Å². The molecule has 0 saturated heterocycles. The molecule has 0 radical (unpaired) electrons. The van der Waals surface area contributed by atoms with Gasteiger partial charge in [0.15, 0.2) is 5.16 Å². The van der Waals surface area contributed by atoms with Gasteiger partial charge in [0.1, 0.15) is 0 Å². The van der Waals surface area contributed by atoms with Crippen molar-refractivity contribution in [2.24, 2.45) is 0 Å². The number of carbonyl (C=O) groups is 1. The number of ether oxygens (including phenoxy) is 1. The number of benzene rings is 2. The average molecular weight is 458 g/mol. The zero-order valence-corrected chi connectivity index (χ0v) is 19.6. The van der Waals surface area contributed by atoms with E-state index in [1.807, 2.05) is 62.6 Å². The number of hydrogen-bond donors (Lipinski definition) is 1. The maximum absolute atomic E-state index is 13.0. The van der Waals surface area contributed by atoms with E-state index in [1.165, 1.54) is 11.8 Å². The summed E-state index contributed by atoms with van der Waals surface area (Å²) in [6.45, 7) is 5.02. The molecule has 1 aromatic heterocycles. The Morgan fingerprint density at radius 1 is 1.19 bits per heavy atom. The van der Waals surface area contributed by atoms with Crippen LogP contribution in [-0.4, -0.2) is 40.2 Å². The number of aromatic nitrogens is 2. The summed E-state index contributed by atoms with van der Waals surface area (Å²) in [5.74, 6) is 0.0249. The molecule has 0 aliphatic carbocycles. The second-order valence-corrected chi connectivity index (χ2v) is 9.03. The summed E-state index contributed by atoms with van der Waals surface area (Å²) in [7, 11) is 0. The lowest BCUT2D eigenvalue weighted by molar-refractivity contribution is -0.113. The molecular formula is C23H27N3O3S2. The molecule has 0 atom stereocenters. The van der Waals surface area contributed by atoms with Crippen LogP contribution in [0.3, 0.4) is 0 Å². The normalized spacial score (nSPS) is 11.2. The molecule has 0 aliphatic heterocycles. The van der Waals surface area contributed by atoms with Crippen LogP contribution in [0.25, 0.3) is 10.9 Å². The third-order valence-corrected chi connectivity index (χ3v) is 6.19. The van der Waals surface area contributed by atoms with E-state index < -0.39 is 0 Å². The molecule has 0 bridgehead atoms. The molecule has 0 spiro atoms. The van der Waals surface area contributed by atoms with Gasteiger partial charge < -0.3 is 10.1 Å². The van der Waals surface area contributed by atoms with Crippen LogP contribution in [0.1, 0.15) is 20.3 Å². The summed E-state index contributed by atoms with van der Waals surface area (Å²) >= 11 is 2.89. The molecule has 1 amide bonds. The highest BCUT2D eigenvalue weighted by Crippen LogP contribution is 2.21. The van der Waals surface area contributed by atoms with Crippen molar-refractivity contribution in [2.45, 2.75) is 43.0 Å². The van der Waals surface area contributed by atoms with Gasteiger partial charge in [-0.3, -0.25) is 14.2 Å². The van der Waals surface area contributed by atoms with Gasteiger partial charge in [0.25, 0.3) is 5.56 Å². The first-order valence-electron chi connectivity index (χ1n) is 10.2. The number of hydrogen-bond acceptors (Lipinski definition) is 6. The number of anilines is 1. The summed E-state index contributed by atoms with van der Waals surface area (Å²) in [6.07, 6.45) is 2.83. The van der Waals surface area contributed by atoms with Crippen molar-refractivity contribution in [1.29, 1.82) is 0 Å². The Labute approximate surface area is 190 Å². The Balaban J connectivity index is 1.75. The Kier molecular flexibility index (Phi) is 8.57. The number of fused-ring (bicyclic) bond motifs is 1. The minimum absolute atomic E-state index is 0.0919. The summed E-state index contributed by atoms with van der Waals surface area (Å²) < 4.78 is 7.26. The molecule has 6 nitrogen and oxygen atoms in total. The Morgan fingerprint density at radius 3 is 2.77 bits per heavy atom. The van der Waals surface area contributed by atoms with Gasteiger partial charge in [-0.05, 0) is 56.9 Å². The summed E-state index contributed by atoms with van der Waals surface area (Å²) in [5.41, 5.74) is 1.30. The highest BCUT2D eigenvalue weighted by molar-refractivity contribution is 7.99. The van der Waals surface area contributed by atoms with E-state index in [0.29, 0.717) is 35.6 Å². The van der Waals surface area contributed by atoms with Crippen LogP contribution in [0.4, 0.5) is 5.69 Å². The summed E-state index contributed by atoms with van der Waals surface area (Å²) in [6, 6.07) is 15.0. The Bertz CT molecular complexity index is 1100. The highest BCUT2D eigenvalue weighted by atomic mass is 32.2. The SMILES string of the molecule is CSc1cccc(NC(=O)CSc2nc3ccccc3c(=O)n2CCCOC(C)C)c1. The first-order chi connectivity index (χ1) is 15.0. The summed E-state index contributed by atoms with van der Waals surface area (Å²) in [5, 5.41) is 4.04. The highest BCUT2D eigenvalue weighted by Gasteiger charge is 2.13. The van der Waals surface area contributed by atoms with E-state index in [1.54, 1.807) is 22.4 Å². The molecule has 3 rings (SSSR count). The molecule has 0 aliphatic rings. The van der Waals surface area contributed by atoms with Gasteiger partial charge in [-0.2, -0.15) is 0 Å². The van der Waals surface area contributed by atoms with E-state index in [0.717, 1.165) is 10.6 Å². The van der Waals surface area contributed by atoms with E-state index in [4.69, 9.17) is 4.74 Å². The molecule has 8 heteroatoms. The summed E-state index contributed by atoms with van der Waals surface area (Å²) in [4.78, 5) is 31.3. The van der Waals surface area contributed by atoms with Crippen LogP contribution in [0.5, 0.6) is 0 Å². The third kappa shape index (κ3) is 6.59. The molecule has 2 aromatic carbocycles. The number of thioether (sulfide) groups is 2. The minimum Gasteiger partial charge on any atom is -0.379 e. The second kappa shape index (κ2) is 11.4. The fourth-order valence-corrected chi connectivity index (χ4v) is 4.31. The van der Waals surface area contributed by atoms with E-state index >= 15 is 0 Å². The van der Waals surface area contributed by atoms with Gasteiger partial charge in [-0.1, -0.05) is 30.0 Å². The largest absolute Gasteiger partial charge is 0.379 e. The van der Waals surface area contributed by atoms with Crippen molar-refractivity contribution in [3.63, 3.8) is 0 Å². The molecule has 0 unspecified atom stereocenters. The standard InChI is InChI=1S/C23H27N3O3S2/c1-16(2)29-13-7-12-26-22(28)19-10-4-5-11-20(19)25-23(26)31-15-21(27)24-17-8-6-9-18(14-17)30-3/h4-6,8-11,14,16H,7,12-13,15H2,1-3H3,(H,24,27). The Hall–Kier alpha value is -2.29. The quantitative estimate of drug-likeness (QED) is 0.271. The lowest BCUT2D eigenvalue weighted by Gasteiger charge is -2.14. The number of nitrogens with zero attached hydrogens (tertiary/aromatic N) is 2. The molecular weight excluding hydrogens is 430 g/mol. The molecule has 3 aromatic rings. The molecule has 164 valence electrons. The van der Waals surface area contributed by atoms with E-state index in [-0.39, 0.29) is 23.3 Å². The fourth-order valence-electron chi connectivity index (χ4n) is 3.02. The van der Waals surface area contributed by atoms with Crippen molar-refractivity contribution < 1.29 is 9.53 Å². The van der Waals surface area contributed by atoms with Gasteiger partial charge in [-0.25, -0.2) is 4.98 Å². The van der Waals surface area contributed by atoms with Crippen molar-refractivity contribution in [3.8, 4) is 0 Å². The third-order valence-electron chi connectivity index (χ3n) is 4.49. The van der Waals surface area contributed by atoms with Gasteiger partial charge in [0, 0.05) is 23.7 Å².